The van der Waals surface area contributed by atoms with E-state index in [1.165, 1.54) is 25.7 Å². The molecule has 0 radical (unpaired) electrons. The van der Waals surface area contributed by atoms with E-state index in [9.17, 15) is 9.59 Å². The second-order valence-electron chi connectivity index (χ2n) is 4.11. The molecule has 1 amide bonds. The van der Waals surface area contributed by atoms with E-state index in [0.717, 1.165) is 5.56 Å². The van der Waals surface area contributed by atoms with Gasteiger partial charge in [-0.3, -0.25) is 4.79 Å². The Bertz CT molecular complexity index is 647. The van der Waals surface area contributed by atoms with E-state index in [1.54, 1.807) is 30.3 Å². The number of nitrogens with zero attached hydrogens (tertiary/aromatic N) is 1. The second-order valence-corrected chi connectivity index (χ2v) is 4.11. The van der Waals surface area contributed by atoms with Crippen LogP contribution < -0.4 is 10.2 Å². The van der Waals surface area contributed by atoms with E-state index in [2.05, 4.69) is 15.3 Å². The van der Waals surface area contributed by atoms with Crippen LogP contribution >= 0.6 is 0 Å². The Hall–Kier alpha value is -3.09. The zero-order valence-corrected chi connectivity index (χ0v) is 11.8. The van der Waals surface area contributed by atoms with Crippen LogP contribution in [0.5, 0.6) is 5.75 Å². The fourth-order valence-electron chi connectivity index (χ4n) is 1.48. The zero-order chi connectivity index (χ0) is 15.8. The average molecular weight is 302 g/mol. The maximum absolute atomic E-state index is 11.5. The highest BCUT2D eigenvalue weighted by molar-refractivity contribution is 5.92. The van der Waals surface area contributed by atoms with Crippen LogP contribution in [-0.2, 0) is 9.53 Å². The number of furan rings is 1. The maximum atomic E-state index is 11.5. The number of carbonyl (C=O) groups excluding carboxylic acids is 2. The van der Waals surface area contributed by atoms with Crippen LogP contribution in [0.15, 0.2) is 52.2 Å². The maximum Gasteiger partial charge on any atom is 0.343 e. The molecule has 1 aromatic carbocycles. The summed E-state index contributed by atoms with van der Waals surface area (Å²) in [5, 5.41) is 3.82. The summed E-state index contributed by atoms with van der Waals surface area (Å²) in [5.74, 6) is -0.170. The first-order chi connectivity index (χ1) is 10.7. The van der Waals surface area contributed by atoms with Gasteiger partial charge in [0.2, 0.25) is 0 Å². The molecule has 0 fully saturated rings. The number of amides is 1. The van der Waals surface area contributed by atoms with E-state index in [-0.39, 0.29) is 12.4 Å². The first-order valence-corrected chi connectivity index (χ1v) is 6.35. The van der Waals surface area contributed by atoms with Crippen LogP contribution in [0.1, 0.15) is 16.1 Å². The molecule has 1 N–H and O–H groups in total. The first-order valence-electron chi connectivity index (χ1n) is 6.35. The molecule has 0 bridgehead atoms. The number of methoxy groups -OCH3 is 1. The molecule has 0 aliphatic rings. The van der Waals surface area contributed by atoms with Gasteiger partial charge in [0, 0.05) is 0 Å². The van der Waals surface area contributed by atoms with E-state index >= 15 is 0 Å². The molecule has 0 unspecified atom stereocenters. The van der Waals surface area contributed by atoms with Crippen molar-refractivity contribution in [3.05, 3.63) is 54.0 Å². The molecule has 0 saturated heterocycles. The number of hydrogen-bond donors (Lipinski definition) is 1. The molecule has 0 aliphatic carbocycles. The number of benzene rings is 1. The van der Waals surface area contributed by atoms with Crippen molar-refractivity contribution in [2.24, 2.45) is 5.10 Å². The van der Waals surface area contributed by atoms with Gasteiger partial charge in [-0.15, -0.1) is 0 Å². The summed E-state index contributed by atoms with van der Waals surface area (Å²) >= 11 is 0. The average Bonchev–Trinajstić information content (AvgIpc) is 3.08. The van der Waals surface area contributed by atoms with E-state index in [4.69, 9.17) is 9.15 Å². The van der Waals surface area contributed by atoms with E-state index in [0.29, 0.717) is 5.75 Å². The minimum absolute atomic E-state index is 0.150. The molecular weight excluding hydrogens is 288 g/mol. The Kier molecular flexibility index (Phi) is 5.31. The fraction of sp³-hybridized carbons (Fsp3) is 0.133. The Balaban J connectivity index is 1.84. The van der Waals surface area contributed by atoms with Crippen molar-refractivity contribution in [3.8, 4) is 5.75 Å². The topological polar surface area (TPSA) is 90.1 Å². The van der Waals surface area contributed by atoms with Crippen LogP contribution in [0.2, 0.25) is 0 Å². The molecule has 2 rings (SSSR count). The standard InChI is InChI=1S/C15H14N2O5/c1-20-14(18)10-22-12-6-4-11(5-7-12)9-16-17-15(19)13-3-2-8-21-13/h2-9H,10H2,1H3,(H,17,19)/b16-9+. The molecule has 0 atom stereocenters. The molecule has 0 aliphatic heterocycles. The lowest BCUT2D eigenvalue weighted by atomic mass is 10.2. The normalized spacial score (nSPS) is 10.4. The van der Waals surface area contributed by atoms with Crippen molar-refractivity contribution >= 4 is 18.1 Å². The Labute approximate surface area is 126 Å². The summed E-state index contributed by atoms with van der Waals surface area (Å²) in [7, 11) is 1.29. The number of rotatable bonds is 6. The lowest BCUT2D eigenvalue weighted by Gasteiger charge is -2.04. The molecule has 1 aromatic heterocycles. The highest BCUT2D eigenvalue weighted by atomic mass is 16.6. The van der Waals surface area contributed by atoms with Crippen molar-refractivity contribution < 1.29 is 23.5 Å². The quantitative estimate of drug-likeness (QED) is 0.497. The molecule has 114 valence electrons. The summed E-state index contributed by atoms with van der Waals surface area (Å²) in [6.07, 6.45) is 2.89. The van der Waals surface area contributed by atoms with Crippen LogP contribution in [0.3, 0.4) is 0 Å². The van der Waals surface area contributed by atoms with Gasteiger partial charge in [0.1, 0.15) is 5.75 Å². The van der Waals surface area contributed by atoms with Gasteiger partial charge in [-0.2, -0.15) is 5.10 Å². The van der Waals surface area contributed by atoms with Crippen molar-refractivity contribution in [2.75, 3.05) is 13.7 Å². The number of carbonyl (C=O) groups is 2. The van der Waals surface area contributed by atoms with Crippen molar-refractivity contribution in [2.45, 2.75) is 0 Å². The smallest absolute Gasteiger partial charge is 0.343 e. The Morgan fingerprint density at radius 3 is 2.68 bits per heavy atom. The lowest BCUT2D eigenvalue weighted by Crippen LogP contribution is -2.16. The third-order valence-corrected chi connectivity index (χ3v) is 2.59. The minimum atomic E-state index is -0.453. The second kappa shape index (κ2) is 7.63. The predicted molar refractivity (Wildman–Crippen MR) is 77.7 cm³/mol. The number of ether oxygens (including phenoxy) is 2. The molecule has 7 heteroatoms. The summed E-state index contributed by atoms with van der Waals surface area (Å²) in [6.45, 7) is -0.150. The van der Waals surface area contributed by atoms with Gasteiger partial charge in [-0.25, -0.2) is 10.2 Å². The molecule has 2 aromatic rings. The minimum Gasteiger partial charge on any atom is -0.482 e. The van der Waals surface area contributed by atoms with Gasteiger partial charge in [0.15, 0.2) is 12.4 Å². The van der Waals surface area contributed by atoms with E-state index in [1.807, 2.05) is 0 Å². The van der Waals surface area contributed by atoms with E-state index < -0.39 is 11.9 Å². The van der Waals surface area contributed by atoms with Crippen LogP contribution in [0.25, 0.3) is 0 Å². The van der Waals surface area contributed by atoms with Gasteiger partial charge in [0.05, 0.1) is 19.6 Å². The van der Waals surface area contributed by atoms with Crippen molar-refractivity contribution in [3.63, 3.8) is 0 Å². The van der Waals surface area contributed by atoms with Gasteiger partial charge < -0.3 is 13.9 Å². The van der Waals surface area contributed by atoms with Gasteiger partial charge in [-0.05, 0) is 42.0 Å². The highest BCUT2D eigenvalue weighted by Crippen LogP contribution is 2.11. The molecule has 1 heterocycles. The lowest BCUT2D eigenvalue weighted by molar-refractivity contribution is -0.142. The van der Waals surface area contributed by atoms with Gasteiger partial charge >= 0.3 is 11.9 Å². The number of esters is 1. The third kappa shape index (κ3) is 4.48. The molecule has 7 nitrogen and oxygen atoms in total. The number of nitrogens with one attached hydrogen (secondary N) is 1. The zero-order valence-electron chi connectivity index (χ0n) is 11.8. The number of hydrogen-bond acceptors (Lipinski definition) is 6. The molecular formula is C15H14N2O5. The summed E-state index contributed by atoms with van der Waals surface area (Å²) < 4.78 is 14.6. The molecule has 22 heavy (non-hydrogen) atoms. The van der Waals surface area contributed by atoms with Crippen LogP contribution in [0.4, 0.5) is 0 Å². The summed E-state index contributed by atoms with van der Waals surface area (Å²) in [6, 6.07) is 9.98. The summed E-state index contributed by atoms with van der Waals surface area (Å²) in [4.78, 5) is 22.5. The first kappa shape index (κ1) is 15.3. The van der Waals surface area contributed by atoms with Crippen molar-refractivity contribution in [1.29, 1.82) is 0 Å². The largest absolute Gasteiger partial charge is 0.482 e. The SMILES string of the molecule is COC(=O)COc1ccc(/C=N/NC(=O)c2ccco2)cc1. The monoisotopic (exact) mass is 302 g/mol. The van der Waals surface area contributed by atoms with Gasteiger partial charge in [-0.1, -0.05) is 0 Å². The molecule has 0 saturated carbocycles. The highest BCUT2D eigenvalue weighted by Gasteiger charge is 2.05. The van der Waals surface area contributed by atoms with Crippen LogP contribution in [-0.4, -0.2) is 31.8 Å². The van der Waals surface area contributed by atoms with Crippen LogP contribution in [0, 0.1) is 0 Å². The Morgan fingerprint density at radius 2 is 2.05 bits per heavy atom. The number of hydrazone groups is 1. The molecule has 0 spiro atoms. The summed E-state index contributed by atoms with van der Waals surface area (Å²) in [5.41, 5.74) is 3.09. The fourth-order valence-corrected chi connectivity index (χ4v) is 1.48. The van der Waals surface area contributed by atoms with Gasteiger partial charge in [0.25, 0.3) is 0 Å². The predicted octanol–water partition coefficient (Wildman–Crippen LogP) is 1.60. The third-order valence-electron chi connectivity index (χ3n) is 2.59. The Morgan fingerprint density at radius 1 is 1.27 bits per heavy atom. The van der Waals surface area contributed by atoms with Crippen molar-refractivity contribution in [1.82, 2.24) is 5.43 Å².